The lowest BCUT2D eigenvalue weighted by Gasteiger charge is -2.09. The van der Waals surface area contributed by atoms with Crippen LogP contribution < -0.4 is 10.1 Å². The maximum atomic E-state index is 11.6. The van der Waals surface area contributed by atoms with E-state index < -0.39 is 0 Å². The van der Waals surface area contributed by atoms with Crippen LogP contribution in [0.5, 0.6) is 5.75 Å². The van der Waals surface area contributed by atoms with E-state index in [9.17, 15) is 4.79 Å². The Morgan fingerprint density at radius 2 is 2.12 bits per heavy atom. The van der Waals surface area contributed by atoms with Gasteiger partial charge in [0.15, 0.2) is 0 Å². The van der Waals surface area contributed by atoms with Crippen LogP contribution in [-0.4, -0.2) is 19.6 Å². The molecule has 88 valence electrons. The Hall–Kier alpha value is -1.51. The molecule has 0 unspecified atom stereocenters. The molecule has 16 heavy (non-hydrogen) atoms. The number of amides is 1. The quantitative estimate of drug-likeness (QED) is 0.829. The summed E-state index contributed by atoms with van der Waals surface area (Å²) in [5, 5.41) is 2.77. The predicted molar refractivity (Wildman–Crippen MR) is 65.0 cm³/mol. The second-order valence-electron chi connectivity index (χ2n) is 3.64. The van der Waals surface area contributed by atoms with Crippen LogP contribution in [0.15, 0.2) is 18.2 Å². The van der Waals surface area contributed by atoms with Crippen LogP contribution in [0.1, 0.15) is 36.2 Å². The Bertz CT molecular complexity index is 361. The van der Waals surface area contributed by atoms with Gasteiger partial charge in [0, 0.05) is 12.1 Å². The minimum absolute atomic E-state index is 0.0520. The van der Waals surface area contributed by atoms with Gasteiger partial charge in [-0.1, -0.05) is 19.4 Å². The number of ether oxygens (including phenoxy) is 1. The molecule has 0 heterocycles. The van der Waals surface area contributed by atoms with E-state index in [0.717, 1.165) is 24.2 Å². The van der Waals surface area contributed by atoms with E-state index in [1.807, 2.05) is 19.1 Å². The molecule has 0 spiro atoms. The second-order valence-corrected chi connectivity index (χ2v) is 3.64. The molecule has 0 aromatic heterocycles. The van der Waals surface area contributed by atoms with Crippen molar-refractivity contribution in [2.45, 2.75) is 26.7 Å². The van der Waals surface area contributed by atoms with Gasteiger partial charge in [-0.05, 0) is 31.0 Å². The fraction of sp³-hybridized carbons (Fsp3) is 0.462. The van der Waals surface area contributed by atoms with Crippen molar-refractivity contribution in [3.8, 4) is 5.75 Å². The molecular formula is C13H19NO2. The molecule has 0 aliphatic carbocycles. The molecule has 1 aromatic carbocycles. The van der Waals surface area contributed by atoms with E-state index in [1.165, 1.54) is 0 Å². The summed E-state index contributed by atoms with van der Waals surface area (Å²) in [6.07, 6.45) is 2.04. The van der Waals surface area contributed by atoms with E-state index >= 15 is 0 Å². The van der Waals surface area contributed by atoms with Crippen LogP contribution >= 0.6 is 0 Å². The average Bonchev–Trinajstić information content (AvgIpc) is 2.30. The number of hydrogen-bond donors (Lipinski definition) is 1. The minimum atomic E-state index is -0.0520. The number of benzene rings is 1. The highest BCUT2D eigenvalue weighted by molar-refractivity contribution is 5.94. The molecule has 1 amide bonds. The zero-order valence-electron chi connectivity index (χ0n) is 10.2. The largest absolute Gasteiger partial charge is 0.496 e. The second kappa shape index (κ2) is 6.16. The summed E-state index contributed by atoms with van der Waals surface area (Å²) in [6, 6.07) is 5.61. The van der Waals surface area contributed by atoms with Gasteiger partial charge >= 0.3 is 0 Å². The van der Waals surface area contributed by atoms with Gasteiger partial charge in [-0.25, -0.2) is 0 Å². The maximum absolute atomic E-state index is 11.6. The van der Waals surface area contributed by atoms with Gasteiger partial charge in [0.2, 0.25) is 0 Å². The summed E-state index contributed by atoms with van der Waals surface area (Å²) in [5.74, 6) is 0.745. The molecule has 0 aliphatic heterocycles. The average molecular weight is 221 g/mol. The van der Waals surface area contributed by atoms with Gasteiger partial charge in [-0.3, -0.25) is 4.79 Å². The summed E-state index contributed by atoms with van der Waals surface area (Å²) < 4.78 is 5.29. The number of methoxy groups -OCH3 is 1. The van der Waals surface area contributed by atoms with Gasteiger partial charge in [-0.15, -0.1) is 0 Å². The highest BCUT2D eigenvalue weighted by Gasteiger charge is 2.08. The molecule has 1 rings (SSSR count). The highest BCUT2D eigenvalue weighted by Crippen LogP contribution is 2.21. The van der Waals surface area contributed by atoms with Crippen LogP contribution in [0.4, 0.5) is 0 Å². The molecule has 1 aromatic rings. The van der Waals surface area contributed by atoms with Gasteiger partial charge in [0.1, 0.15) is 5.75 Å². The zero-order chi connectivity index (χ0) is 12.0. The molecule has 1 N–H and O–H groups in total. The third-order valence-electron chi connectivity index (χ3n) is 2.41. The van der Waals surface area contributed by atoms with Crippen LogP contribution in [0.2, 0.25) is 0 Å². The van der Waals surface area contributed by atoms with Crippen molar-refractivity contribution < 1.29 is 9.53 Å². The Morgan fingerprint density at radius 1 is 1.38 bits per heavy atom. The lowest BCUT2D eigenvalue weighted by atomic mass is 10.1. The summed E-state index contributed by atoms with van der Waals surface area (Å²) in [4.78, 5) is 11.6. The summed E-state index contributed by atoms with van der Waals surface area (Å²) >= 11 is 0. The van der Waals surface area contributed by atoms with Gasteiger partial charge in [-0.2, -0.15) is 0 Å². The van der Waals surface area contributed by atoms with E-state index in [2.05, 4.69) is 12.2 Å². The topological polar surface area (TPSA) is 38.3 Å². The first-order valence-electron chi connectivity index (χ1n) is 5.68. The van der Waals surface area contributed by atoms with Crippen LogP contribution in [0.25, 0.3) is 0 Å². The third kappa shape index (κ3) is 2.99. The smallest absolute Gasteiger partial charge is 0.251 e. The monoisotopic (exact) mass is 221 g/mol. The lowest BCUT2D eigenvalue weighted by molar-refractivity contribution is 0.0955. The van der Waals surface area contributed by atoms with Crippen molar-refractivity contribution in [3.63, 3.8) is 0 Å². The fourth-order valence-corrected chi connectivity index (χ4v) is 1.62. The third-order valence-corrected chi connectivity index (χ3v) is 2.41. The molecule has 3 heteroatoms. The molecule has 0 aliphatic rings. The van der Waals surface area contributed by atoms with Crippen LogP contribution in [0, 0.1) is 0 Å². The maximum Gasteiger partial charge on any atom is 0.251 e. The van der Waals surface area contributed by atoms with E-state index in [-0.39, 0.29) is 5.91 Å². The molecule has 0 bridgehead atoms. The molecule has 0 saturated heterocycles. The predicted octanol–water partition coefficient (Wildman–Crippen LogP) is 2.40. The molecule has 0 saturated carbocycles. The van der Waals surface area contributed by atoms with Crippen molar-refractivity contribution in [3.05, 3.63) is 29.3 Å². The van der Waals surface area contributed by atoms with Gasteiger partial charge in [0.25, 0.3) is 5.91 Å². The number of carbonyl (C=O) groups is 1. The summed E-state index contributed by atoms with van der Waals surface area (Å²) in [6.45, 7) is 4.66. The van der Waals surface area contributed by atoms with Gasteiger partial charge in [0.05, 0.1) is 7.11 Å². The van der Waals surface area contributed by atoms with Crippen molar-refractivity contribution in [2.75, 3.05) is 13.7 Å². The fourth-order valence-electron chi connectivity index (χ4n) is 1.62. The minimum Gasteiger partial charge on any atom is -0.496 e. The summed E-state index contributed by atoms with van der Waals surface area (Å²) in [5.41, 5.74) is 1.80. The number of hydrogen-bond acceptors (Lipinski definition) is 2. The Labute approximate surface area is 96.8 Å². The number of carbonyl (C=O) groups excluding carboxylic acids is 1. The SMILES string of the molecule is CCCc1ccc(C(=O)NCC)cc1OC. The number of nitrogens with one attached hydrogen (secondary N) is 1. The van der Waals surface area contributed by atoms with E-state index in [1.54, 1.807) is 13.2 Å². The first-order valence-corrected chi connectivity index (χ1v) is 5.68. The summed E-state index contributed by atoms with van der Waals surface area (Å²) in [7, 11) is 1.63. The number of aryl methyl sites for hydroxylation is 1. The first kappa shape index (κ1) is 12.6. The highest BCUT2D eigenvalue weighted by atomic mass is 16.5. The van der Waals surface area contributed by atoms with E-state index in [0.29, 0.717) is 12.1 Å². The number of rotatable bonds is 5. The van der Waals surface area contributed by atoms with Crippen LogP contribution in [0.3, 0.4) is 0 Å². The van der Waals surface area contributed by atoms with Crippen molar-refractivity contribution in [1.82, 2.24) is 5.32 Å². The molecule has 0 radical (unpaired) electrons. The molecule has 0 atom stereocenters. The normalized spacial score (nSPS) is 9.94. The molecule has 0 fully saturated rings. The Balaban J connectivity index is 2.94. The van der Waals surface area contributed by atoms with Crippen molar-refractivity contribution >= 4 is 5.91 Å². The van der Waals surface area contributed by atoms with Crippen molar-refractivity contribution in [1.29, 1.82) is 0 Å². The zero-order valence-corrected chi connectivity index (χ0v) is 10.2. The molecular weight excluding hydrogens is 202 g/mol. The lowest BCUT2D eigenvalue weighted by Crippen LogP contribution is -2.22. The van der Waals surface area contributed by atoms with E-state index in [4.69, 9.17) is 4.74 Å². The molecule has 3 nitrogen and oxygen atoms in total. The Kier molecular flexibility index (Phi) is 4.83. The van der Waals surface area contributed by atoms with Gasteiger partial charge < -0.3 is 10.1 Å². The standard InChI is InChI=1S/C13H19NO2/c1-4-6-10-7-8-11(9-12(10)16-3)13(15)14-5-2/h7-9H,4-6H2,1-3H3,(H,14,15). The first-order chi connectivity index (χ1) is 7.72. The van der Waals surface area contributed by atoms with Crippen LogP contribution in [-0.2, 0) is 6.42 Å². The van der Waals surface area contributed by atoms with Crippen molar-refractivity contribution in [2.24, 2.45) is 0 Å². The Morgan fingerprint density at radius 3 is 2.69 bits per heavy atom.